The van der Waals surface area contributed by atoms with Gasteiger partial charge in [0.15, 0.2) is 5.78 Å². The lowest BCUT2D eigenvalue weighted by molar-refractivity contribution is -0.128. The fraction of sp³-hybridized carbons (Fsp3) is 0.286. The number of Topliss-reactive ketones (excluding diaryl/α,β-unsaturated/α-hetero) is 1. The van der Waals surface area contributed by atoms with Crippen LogP contribution in [0.3, 0.4) is 0 Å². The van der Waals surface area contributed by atoms with Crippen LogP contribution >= 0.6 is 11.3 Å². The number of aromatic nitrogens is 1. The number of benzene rings is 1. The van der Waals surface area contributed by atoms with Gasteiger partial charge in [-0.15, -0.1) is 11.3 Å². The van der Waals surface area contributed by atoms with Gasteiger partial charge in [-0.05, 0) is 12.5 Å². The summed E-state index contributed by atoms with van der Waals surface area (Å²) < 4.78 is 5.30. The van der Waals surface area contributed by atoms with Crippen molar-refractivity contribution in [2.45, 2.75) is 19.4 Å². The molecule has 1 atom stereocenters. The Morgan fingerprint density at radius 1 is 1.39 bits per heavy atom. The topological polar surface area (TPSA) is 39.2 Å². The van der Waals surface area contributed by atoms with Gasteiger partial charge in [0.1, 0.15) is 11.1 Å². The van der Waals surface area contributed by atoms with Crippen LogP contribution in [0.1, 0.15) is 22.4 Å². The number of nitrogens with zero attached hydrogens (tertiary/aromatic N) is 1. The fourth-order valence-electron chi connectivity index (χ4n) is 1.81. The highest BCUT2D eigenvalue weighted by Crippen LogP contribution is 2.20. The molecular formula is C14H15NO2S. The monoisotopic (exact) mass is 261 g/mol. The summed E-state index contributed by atoms with van der Waals surface area (Å²) in [4.78, 5) is 16.5. The highest BCUT2D eigenvalue weighted by atomic mass is 32.1. The Morgan fingerprint density at radius 3 is 2.67 bits per heavy atom. The minimum absolute atomic E-state index is 0.0399. The molecule has 2 rings (SSSR count). The molecule has 0 bridgehead atoms. The van der Waals surface area contributed by atoms with Gasteiger partial charge in [0.2, 0.25) is 0 Å². The molecule has 0 fully saturated rings. The van der Waals surface area contributed by atoms with Crippen LogP contribution in [0.15, 0.2) is 35.7 Å². The molecule has 18 heavy (non-hydrogen) atoms. The van der Waals surface area contributed by atoms with Gasteiger partial charge < -0.3 is 4.74 Å². The van der Waals surface area contributed by atoms with Gasteiger partial charge in [-0.3, -0.25) is 4.79 Å². The maximum Gasteiger partial charge on any atom is 0.172 e. The van der Waals surface area contributed by atoms with Crippen molar-refractivity contribution in [2.75, 3.05) is 7.11 Å². The predicted molar refractivity (Wildman–Crippen MR) is 71.8 cm³/mol. The van der Waals surface area contributed by atoms with E-state index >= 15 is 0 Å². The van der Waals surface area contributed by atoms with Gasteiger partial charge in [-0.2, -0.15) is 0 Å². The van der Waals surface area contributed by atoms with E-state index in [1.165, 1.54) is 11.3 Å². The van der Waals surface area contributed by atoms with E-state index in [2.05, 4.69) is 4.98 Å². The summed E-state index contributed by atoms with van der Waals surface area (Å²) in [5.74, 6) is 0.0399. The third-order valence-corrected chi connectivity index (χ3v) is 3.59. The molecule has 0 aliphatic rings. The number of carbonyl (C=O) groups excluding carboxylic acids is 1. The summed E-state index contributed by atoms with van der Waals surface area (Å²) in [6.45, 7) is 1.93. The molecule has 1 unspecified atom stereocenters. The largest absolute Gasteiger partial charge is 0.369 e. The predicted octanol–water partition coefficient (Wildman–Crippen LogP) is 2.95. The molecule has 0 spiro atoms. The van der Waals surface area contributed by atoms with E-state index in [9.17, 15) is 4.79 Å². The number of methoxy groups -OCH3 is 1. The van der Waals surface area contributed by atoms with Crippen LogP contribution in [-0.2, 0) is 16.0 Å². The second-order valence-corrected chi connectivity index (χ2v) is 4.99. The van der Waals surface area contributed by atoms with E-state index in [0.29, 0.717) is 6.42 Å². The van der Waals surface area contributed by atoms with Crippen LogP contribution in [0.5, 0.6) is 0 Å². The molecule has 0 saturated carbocycles. The molecule has 4 heteroatoms. The van der Waals surface area contributed by atoms with Crippen molar-refractivity contribution in [3.05, 3.63) is 52.0 Å². The molecule has 0 amide bonds. The molecular weight excluding hydrogens is 246 g/mol. The van der Waals surface area contributed by atoms with Crippen molar-refractivity contribution in [1.29, 1.82) is 0 Å². The number of ketones is 1. The van der Waals surface area contributed by atoms with Gasteiger partial charge >= 0.3 is 0 Å². The van der Waals surface area contributed by atoms with Crippen LogP contribution in [0.4, 0.5) is 0 Å². The van der Waals surface area contributed by atoms with Crippen LogP contribution in [0, 0.1) is 6.92 Å². The standard InChI is InChI=1S/C14H15NO2S/c1-10-9-18-13(15-10)8-12(16)14(17-2)11-6-4-3-5-7-11/h3-7,9,14H,8H2,1-2H3. The van der Waals surface area contributed by atoms with Crippen molar-refractivity contribution in [3.8, 4) is 0 Å². The van der Waals surface area contributed by atoms with Crippen LogP contribution in [0.25, 0.3) is 0 Å². The fourth-order valence-corrected chi connectivity index (χ4v) is 2.59. The van der Waals surface area contributed by atoms with Gasteiger partial charge in [0.25, 0.3) is 0 Å². The van der Waals surface area contributed by atoms with Gasteiger partial charge in [0, 0.05) is 18.2 Å². The smallest absolute Gasteiger partial charge is 0.172 e. The van der Waals surface area contributed by atoms with E-state index < -0.39 is 6.10 Å². The maximum absolute atomic E-state index is 12.2. The lowest BCUT2D eigenvalue weighted by Gasteiger charge is -2.13. The van der Waals surface area contributed by atoms with E-state index in [1.807, 2.05) is 42.6 Å². The Balaban J connectivity index is 2.11. The first kappa shape index (κ1) is 12.9. The molecule has 94 valence electrons. The lowest BCUT2D eigenvalue weighted by atomic mass is 10.0. The molecule has 0 aliphatic carbocycles. The normalized spacial score (nSPS) is 12.3. The first-order chi connectivity index (χ1) is 8.70. The summed E-state index contributed by atoms with van der Waals surface area (Å²) >= 11 is 1.51. The van der Waals surface area contributed by atoms with E-state index in [1.54, 1.807) is 7.11 Å². The molecule has 3 nitrogen and oxygen atoms in total. The summed E-state index contributed by atoms with van der Waals surface area (Å²) in [5.41, 5.74) is 1.84. The number of thiazole rings is 1. The molecule has 1 aromatic heterocycles. The Bertz CT molecular complexity index is 522. The molecule has 0 radical (unpaired) electrons. The van der Waals surface area contributed by atoms with E-state index in [-0.39, 0.29) is 5.78 Å². The average molecular weight is 261 g/mol. The van der Waals surface area contributed by atoms with Crippen molar-refractivity contribution in [2.24, 2.45) is 0 Å². The van der Waals surface area contributed by atoms with E-state index in [0.717, 1.165) is 16.3 Å². The van der Waals surface area contributed by atoms with Crippen molar-refractivity contribution < 1.29 is 9.53 Å². The molecule has 2 aromatic rings. The number of hydrogen-bond donors (Lipinski definition) is 0. The minimum atomic E-state index is -0.504. The highest BCUT2D eigenvalue weighted by Gasteiger charge is 2.20. The number of aryl methyl sites for hydroxylation is 1. The molecule has 1 aromatic carbocycles. The second-order valence-electron chi connectivity index (χ2n) is 4.05. The first-order valence-corrected chi connectivity index (χ1v) is 6.60. The molecule has 1 heterocycles. The van der Waals surface area contributed by atoms with Crippen molar-refractivity contribution in [1.82, 2.24) is 4.98 Å². The Morgan fingerprint density at radius 2 is 2.11 bits per heavy atom. The van der Waals surface area contributed by atoms with Gasteiger partial charge in [0.05, 0.1) is 6.42 Å². The molecule has 0 N–H and O–H groups in total. The van der Waals surface area contributed by atoms with Crippen LogP contribution < -0.4 is 0 Å². The number of hydrogen-bond acceptors (Lipinski definition) is 4. The third kappa shape index (κ3) is 3.03. The Kier molecular flexibility index (Phi) is 4.23. The lowest BCUT2D eigenvalue weighted by Crippen LogP contribution is -2.16. The molecule has 0 saturated heterocycles. The van der Waals surface area contributed by atoms with E-state index in [4.69, 9.17) is 4.74 Å². The van der Waals surface area contributed by atoms with Crippen LogP contribution in [-0.4, -0.2) is 17.9 Å². The van der Waals surface area contributed by atoms with Crippen molar-refractivity contribution >= 4 is 17.1 Å². The minimum Gasteiger partial charge on any atom is -0.369 e. The summed E-state index contributed by atoms with van der Waals surface area (Å²) in [5, 5.41) is 2.79. The SMILES string of the molecule is COC(C(=O)Cc1nc(C)cs1)c1ccccc1. The first-order valence-electron chi connectivity index (χ1n) is 5.72. The maximum atomic E-state index is 12.2. The van der Waals surface area contributed by atoms with Crippen molar-refractivity contribution in [3.63, 3.8) is 0 Å². The van der Waals surface area contributed by atoms with Gasteiger partial charge in [-0.1, -0.05) is 30.3 Å². The van der Waals surface area contributed by atoms with Crippen LogP contribution in [0.2, 0.25) is 0 Å². The third-order valence-electron chi connectivity index (χ3n) is 2.62. The average Bonchev–Trinajstić information content (AvgIpc) is 2.77. The summed E-state index contributed by atoms with van der Waals surface area (Å²) in [7, 11) is 1.56. The number of ether oxygens (including phenoxy) is 1. The number of rotatable bonds is 5. The number of carbonyl (C=O) groups is 1. The summed E-state index contributed by atoms with van der Waals surface area (Å²) in [6, 6.07) is 9.54. The Hall–Kier alpha value is -1.52. The molecule has 0 aliphatic heterocycles. The highest BCUT2D eigenvalue weighted by molar-refractivity contribution is 7.09. The summed E-state index contributed by atoms with van der Waals surface area (Å²) in [6.07, 6.45) is -0.179. The quantitative estimate of drug-likeness (QED) is 0.830. The zero-order valence-corrected chi connectivity index (χ0v) is 11.2. The Labute approximate surface area is 110 Å². The zero-order chi connectivity index (χ0) is 13.0. The second kappa shape index (κ2) is 5.89. The van der Waals surface area contributed by atoms with Gasteiger partial charge in [-0.25, -0.2) is 4.98 Å². The zero-order valence-electron chi connectivity index (χ0n) is 10.4.